The van der Waals surface area contributed by atoms with Gasteiger partial charge in [-0.05, 0) is 72.2 Å². The minimum absolute atomic E-state index is 0.0251. The van der Waals surface area contributed by atoms with Crippen LogP contribution in [0.5, 0.6) is 0 Å². The number of ether oxygens (including phenoxy) is 7. The van der Waals surface area contributed by atoms with Gasteiger partial charge in [0.25, 0.3) is 0 Å². The topological polar surface area (TPSA) is 223 Å². The Balaban J connectivity index is 0.910. The van der Waals surface area contributed by atoms with Gasteiger partial charge >= 0.3 is 18.2 Å². The molecule has 2 aromatic rings. The van der Waals surface area contributed by atoms with Crippen molar-refractivity contribution in [3.63, 3.8) is 0 Å². The number of hydrogen-bond donors (Lipinski definition) is 2. The number of rotatable bonds is 11. The summed E-state index contributed by atoms with van der Waals surface area (Å²) in [5, 5.41) is 23.4. The molecule has 6 fully saturated rings. The number of halogens is 1. The Labute approximate surface area is 395 Å². The number of fused-ring (bicyclic) bond motifs is 3. The summed E-state index contributed by atoms with van der Waals surface area (Å²) in [6.07, 6.45) is -3.55. The highest BCUT2D eigenvalue weighted by atomic mass is 19.1. The molecule has 2 amide bonds. The van der Waals surface area contributed by atoms with Gasteiger partial charge in [0, 0.05) is 56.0 Å². The van der Waals surface area contributed by atoms with E-state index in [1.54, 1.807) is 57.6 Å². The lowest BCUT2D eigenvalue weighted by molar-refractivity contribution is -0.293. The van der Waals surface area contributed by atoms with Crippen LogP contribution in [-0.4, -0.2) is 168 Å². The number of carbonyl (C=O) groups is 5. The number of aliphatic hydroxyl groups is 1. The maximum absolute atomic E-state index is 15.2. The number of hydrogen-bond acceptors (Lipinski definition) is 17. The van der Waals surface area contributed by atoms with Gasteiger partial charge in [0.1, 0.15) is 35.8 Å². The molecule has 14 atom stereocenters. The minimum Gasteiger partial charge on any atom is -0.458 e. The first-order chi connectivity index (χ1) is 32.3. The minimum atomic E-state index is -1.38. The molecule has 20 nitrogen and oxygen atoms in total. The number of aliphatic hydroxyl groups excluding tert-OH is 1. The number of likely N-dealkylation sites (N-methyl/N-ethyl adjacent to an activating group) is 1. The third-order valence-electron chi connectivity index (χ3n) is 15.0. The van der Waals surface area contributed by atoms with Crippen LogP contribution in [0, 0.1) is 29.5 Å². The fraction of sp³-hybridized carbons (Fsp3) is 0.723. The molecule has 0 aliphatic carbocycles. The highest BCUT2D eigenvalue weighted by Gasteiger charge is 2.59. The SMILES string of the molecule is CC[C@H]1OC(=O)[C@H](C)C(=O)[C@H](C)[C@@H](O[C@@H]2O[C@H](C)C[C@H](N(C)CCc3cn(C[C@H]4CN(c5ccc(N6CCOCC6)c(F)c5)C(=O)O4)nn3)[C@H]2O)[C@@]2(C)C[C@@H](CO2)C(=O)[C@@H](C)[C@H]2NC(=O)O[C@@]21C. The zero-order chi connectivity index (χ0) is 48.8. The Morgan fingerprint density at radius 1 is 1.03 bits per heavy atom. The fourth-order valence-corrected chi connectivity index (χ4v) is 11.0. The lowest BCUT2D eigenvalue weighted by Gasteiger charge is -2.46. The number of nitrogens with zero attached hydrogens (tertiary/aromatic N) is 6. The van der Waals surface area contributed by atoms with Crippen LogP contribution in [0.15, 0.2) is 24.4 Å². The van der Waals surface area contributed by atoms with Crippen molar-refractivity contribution in [3.05, 3.63) is 35.9 Å². The van der Waals surface area contributed by atoms with Crippen LogP contribution >= 0.6 is 0 Å². The van der Waals surface area contributed by atoms with E-state index in [-0.39, 0.29) is 44.4 Å². The predicted molar refractivity (Wildman–Crippen MR) is 239 cm³/mol. The Bertz CT molecular complexity index is 2210. The van der Waals surface area contributed by atoms with Crippen LogP contribution < -0.4 is 15.1 Å². The summed E-state index contributed by atoms with van der Waals surface area (Å²) in [6, 6.07) is 3.46. The Kier molecular flexibility index (Phi) is 14.5. The lowest BCUT2D eigenvalue weighted by Crippen LogP contribution is -2.59. The second kappa shape index (κ2) is 19.9. The third-order valence-corrected chi connectivity index (χ3v) is 15.0. The van der Waals surface area contributed by atoms with Crippen molar-refractivity contribution >= 4 is 41.1 Å². The van der Waals surface area contributed by atoms with Gasteiger partial charge in [-0.2, -0.15) is 0 Å². The normalized spacial score (nSPS) is 37.1. The first-order valence-corrected chi connectivity index (χ1v) is 23.9. The molecule has 0 saturated carbocycles. The number of cyclic esters (lactones) is 2. The van der Waals surface area contributed by atoms with Gasteiger partial charge in [0.2, 0.25) is 0 Å². The molecule has 1 aromatic heterocycles. The van der Waals surface area contributed by atoms with E-state index in [9.17, 15) is 29.1 Å². The van der Waals surface area contributed by atoms with E-state index in [0.717, 1.165) is 0 Å². The Morgan fingerprint density at radius 2 is 1.78 bits per heavy atom. The highest BCUT2D eigenvalue weighted by Crippen LogP contribution is 2.43. The van der Waals surface area contributed by atoms with E-state index in [1.165, 1.54) is 17.9 Å². The van der Waals surface area contributed by atoms with Gasteiger partial charge in [0.15, 0.2) is 17.7 Å². The van der Waals surface area contributed by atoms with E-state index >= 15 is 4.39 Å². The number of benzene rings is 1. The average Bonchev–Trinajstić information content (AvgIpc) is 4.11. The molecular weight excluding hydrogens is 890 g/mol. The summed E-state index contributed by atoms with van der Waals surface area (Å²) >= 11 is 0. The zero-order valence-electron chi connectivity index (χ0n) is 40.1. The van der Waals surface area contributed by atoms with Crippen molar-refractivity contribution < 1.29 is 66.6 Å². The van der Waals surface area contributed by atoms with Gasteiger partial charge in [0.05, 0.1) is 73.8 Å². The average molecular weight is 956 g/mol. The first kappa shape index (κ1) is 49.6. The molecule has 1 aromatic carbocycles. The maximum Gasteiger partial charge on any atom is 0.414 e. The van der Waals surface area contributed by atoms with E-state index in [0.29, 0.717) is 62.8 Å². The molecule has 0 spiro atoms. The molecule has 21 heteroatoms. The largest absolute Gasteiger partial charge is 0.458 e. The number of anilines is 2. The molecule has 6 saturated heterocycles. The fourth-order valence-electron chi connectivity index (χ4n) is 11.0. The quantitative estimate of drug-likeness (QED) is 0.188. The molecule has 2 bridgehead atoms. The number of aromatic nitrogens is 3. The molecule has 6 aliphatic heterocycles. The second-order valence-electron chi connectivity index (χ2n) is 19.8. The summed E-state index contributed by atoms with van der Waals surface area (Å²) in [6.45, 7) is 15.0. The van der Waals surface area contributed by atoms with Gasteiger partial charge < -0.3 is 53.4 Å². The zero-order valence-corrected chi connectivity index (χ0v) is 40.1. The second-order valence-corrected chi connectivity index (χ2v) is 19.8. The van der Waals surface area contributed by atoms with E-state index in [4.69, 9.17) is 33.2 Å². The summed E-state index contributed by atoms with van der Waals surface area (Å²) in [7, 11) is 1.88. The number of morpholine rings is 1. The first-order valence-electron chi connectivity index (χ1n) is 23.9. The van der Waals surface area contributed by atoms with Crippen molar-refractivity contribution in [1.82, 2.24) is 25.2 Å². The lowest BCUT2D eigenvalue weighted by atomic mass is 9.74. The number of ketones is 2. The summed E-state index contributed by atoms with van der Waals surface area (Å²) in [5.41, 5.74) is -1.07. The van der Waals surface area contributed by atoms with Crippen molar-refractivity contribution in [3.8, 4) is 0 Å². The van der Waals surface area contributed by atoms with Crippen LogP contribution in [0.3, 0.4) is 0 Å². The van der Waals surface area contributed by atoms with Crippen LogP contribution in [0.4, 0.5) is 25.4 Å². The number of amides is 2. The molecule has 6 aliphatic rings. The summed E-state index contributed by atoms with van der Waals surface area (Å²) < 4.78 is 58.8. The van der Waals surface area contributed by atoms with Crippen molar-refractivity contribution in [1.29, 1.82) is 0 Å². The standard InChI is InChI=1S/C47H66FN7O13/c1-9-36-47(7)40(49-44(60)68-47)26(3)38(57)29-20-46(6,63-24-29)41(27(4)37(56)28(5)42(59)66-36)67-43-39(58)35(18-25(2)64-43)52(8)13-12-30-21-54(51-50-30)22-32-23-55(45(61)65-32)31-10-11-34(33(48)19-31)53-14-16-62-17-15-53/h10-11,19,21,25-29,32,35-36,39-41,43,58H,9,12-18,20,22-24H2,1-8H3,(H,49,60)/t25-,26-,27+,28-,29+,32+,35+,36-,39-,40-,41-,43+,46-,47-/m1/s1. The molecule has 2 N–H and O–H groups in total. The molecular formula is C47H66FN7O13. The van der Waals surface area contributed by atoms with E-state index in [1.807, 2.05) is 23.8 Å². The molecule has 8 rings (SSSR count). The highest BCUT2D eigenvalue weighted by molar-refractivity contribution is 6.00. The summed E-state index contributed by atoms with van der Waals surface area (Å²) in [4.78, 5) is 73.1. The van der Waals surface area contributed by atoms with Crippen molar-refractivity contribution in [2.24, 2.45) is 23.7 Å². The van der Waals surface area contributed by atoms with Crippen molar-refractivity contribution in [2.75, 3.05) is 62.8 Å². The predicted octanol–water partition coefficient (Wildman–Crippen LogP) is 3.05. The molecule has 0 radical (unpaired) electrons. The molecule has 0 unspecified atom stereocenters. The van der Waals surface area contributed by atoms with Crippen LogP contribution in [0.25, 0.3) is 0 Å². The molecule has 7 heterocycles. The monoisotopic (exact) mass is 955 g/mol. The number of carbonyl (C=O) groups excluding carboxylic acids is 5. The Morgan fingerprint density at radius 3 is 2.50 bits per heavy atom. The Hall–Kier alpha value is -4.80. The summed E-state index contributed by atoms with van der Waals surface area (Å²) in [5.74, 6) is -5.51. The maximum atomic E-state index is 15.2. The smallest absolute Gasteiger partial charge is 0.414 e. The van der Waals surface area contributed by atoms with Crippen LogP contribution in [0.1, 0.15) is 73.4 Å². The van der Waals surface area contributed by atoms with E-state index in [2.05, 4.69) is 15.6 Å². The van der Waals surface area contributed by atoms with E-state index < -0.39 is 107 Å². The number of Topliss-reactive ketones (excluding diaryl/α,β-unsaturated/α-hetero) is 2. The number of alkyl carbamates (subject to hydrolysis) is 1. The molecule has 68 heavy (non-hydrogen) atoms. The molecule has 374 valence electrons. The number of nitrogens with one attached hydrogen (secondary N) is 1. The number of esters is 1. The third kappa shape index (κ3) is 9.83. The van der Waals surface area contributed by atoms with Gasteiger partial charge in [-0.3, -0.25) is 19.3 Å². The van der Waals surface area contributed by atoms with Gasteiger partial charge in [-0.15, -0.1) is 5.10 Å². The van der Waals surface area contributed by atoms with Crippen LogP contribution in [-0.2, 0) is 60.5 Å². The van der Waals surface area contributed by atoms with Gasteiger partial charge in [-0.1, -0.05) is 26.0 Å². The van der Waals surface area contributed by atoms with Crippen molar-refractivity contribution in [2.45, 2.75) is 141 Å². The van der Waals surface area contributed by atoms with Crippen LogP contribution in [0.2, 0.25) is 0 Å². The van der Waals surface area contributed by atoms with Gasteiger partial charge in [-0.25, -0.2) is 18.7 Å².